The Morgan fingerprint density at radius 3 is 2.87 bits per heavy atom. The van der Waals surface area contributed by atoms with Crippen molar-refractivity contribution in [3.05, 3.63) is 42.2 Å². The second kappa shape index (κ2) is 4.56. The van der Waals surface area contributed by atoms with E-state index in [1.807, 2.05) is 6.07 Å². The summed E-state index contributed by atoms with van der Waals surface area (Å²) in [6.07, 6.45) is 4.52. The summed E-state index contributed by atoms with van der Waals surface area (Å²) in [4.78, 5) is 7.89. The lowest BCUT2D eigenvalue weighted by Gasteiger charge is -2.02. The number of hydrogen-bond donors (Lipinski definition) is 1. The zero-order valence-corrected chi connectivity index (χ0v) is 7.96. The van der Waals surface area contributed by atoms with Crippen molar-refractivity contribution in [1.29, 1.82) is 0 Å². The maximum Gasteiger partial charge on any atom is 0.232 e. The van der Waals surface area contributed by atoms with Crippen molar-refractivity contribution in [3.63, 3.8) is 0 Å². The highest BCUT2D eigenvalue weighted by molar-refractivity contribution is 5.07. The van der Waals surface area contributed by atoms with Gasteiger partial charge in [0.05, 0.1) is 31.0 Å². The molecule has 0 spiro atoms. The van der Waals surface area contributed by atoms with Crippen LogP contribution < -0.4 is 4.74 Å². The fraction of sp³-hybridized carbons (Fsp3) is 0.200. The fourth-order valence-electron chi connectivity index (χ4n) is 1.04. The molecule has 0 bridgehead atoms. The van der Waals surface area contributed by atoms with Crippen LogP contribution in [0.2, 0.25) is 0 Å². The molecule has 0 atom stereocenters. The number of ether oxygens (including phenoxy) is 1. The third-order valence-electron chi connectivity index (χ3n) is 1.79. The van der Waals surface area contributed by atoms with Gasteiger partial charge in [-0.25, -0.2) is 4.98 Å². The Hall–Kier alpha value is -1.88. The first-order valence-electron chi connectivity index (χ1n) is 4.45. The second-order valence-electron chi connectivity index (χ2n) is 2.87. The maximum atomic E-state index is 8.75. The van der Waals surface area contributed by atoms with E-state index >= 15 is 0 Å². The zero-order valence-electron chi connectivity index (χ0n) is 7.96. The monoisotopic (exact) mass is 206 g/mol. The van der Waals surface area contributed by atoms with E-state index in [-0.39, 0.29) is 6.61 Å². The molecule has 0 radical (unpaired) electrons. The highest BCUT2D eigenvalue weighted by atomic mass is 16.5. The second-order valence-corrected chi connectivity index (χ2v) is 2.87. The number of furan rings is 1. The van der Waals surface area contributed by atoms with E-state index in [0.717, 1.165) is 5.76 Å². The summed E-state index contributed by atoms with van der Waals surface area (Å²) in [6, 6.07) is 3.61. The number of aliphatic hydroxyl groups excluding tert-OH is 1. The minimum absolute atomic E-state index is 0.120. The van der Waals surface area contributed by atoms with E-state index in [9.17, 15) is 0 Å². The van der Waals surface area contributed by atoms with Crippen LogP contribution >= 0.6 is 0 Å². The number of nitrogens with zero attached hydrogens (tertiary/aromatic N) is 2. The molecule has 1 N–H and O–H groups in total. The third kappa shape index (κ3) is 2.54. The van der Waals surface area contributed by atoms with Gasteiger partial charge in [-0.15, -0.1) is 0 Å². The molecule has 2 aromatic rings. The smallest absolute Gasteiger partial charge is 0.232 e. The molecule has 15 heavy (non-hydrogen) atoms. The van der Waals surface area contributed by atoms with Crippen molar-refractivity contribution in [3.8, 4) is 5.88 Å². The van der Waals surface area contributed by atoms with E-state index in [1.54, 1.807) is 12.3 Å². The van der Waals surface area contributed by atoms with Gasteiger partial charge in [0.25, 0.3) is 0 Å². The van der Waals surface area contributed by atoms with Gasteiger partial charge in [-0.1, -0.05) is 0 Å². The van der Waals surface area contributed by atoms with Crippen LogP contribution in [-0.2, 0) is 13.2 Å². The van der Waals surface area contributed by atoms with Crippen molar-refractivity contribution in [2.24, 2.45) is 0 Å². The number of aromatic nitrogens is 2. The molecule has 0 unspecified atom stereocenters. The molecule has 0 aliphatic rings. The van der Waals surface area contributed by atoms with Crippen molar-refractivity contribution in [2.45, 2.75) is 13.2 Å². The maximum absolute atomic E-state index is 8.75. The van der Waals surface area contributed by atoms with Crippen LogP contribution in [0.3, 0.4) is 0 Å². The van der Waals surface area contributed by atoms with Crippen LogP contribution in [0.4, 0.5) is 0 Å². The van der Waals surface area contributed by atoms with Gasteiger partial charge in [-0.3, -0.25) is 4.98 Å². The lowest BCUT2D eigenvalue weighted by molar-refractivity contribution is 0.255. The Kier molecular flexibility index (Phi) is 2.94. The van der Waals surface area contributed by atoms with Crippen molar-refractivity contribution >= 4 is 0 Å². The third-order valence-corrected chi connectivity index (χ3v) is 1.79. The molecule has 0 saturated carbocycles. The zero-order chi connectivity index (χ0) is 10.5. The molecule has 78 valence electrons. The summed E-state index contributed by atoms with van der Waals surface area (Å²) in [5, 5.41) is 8.75. The first-order chi connectivity index (χ1) is 7.38. The Labute approximate surface area is 86.4 Å². The van der Waals surface area contributed by atoms with Gasteiger partial charge in [0.1, 0.15) is 12.4 Å². The Balaban J connectivity index is 1.93. The Morgan fingerprint density at radius 2 is 2.27 bits per heavy atom. The van der Waals surface area contributed by atoms with E-state index in [0.29, 0.717) is 18.2 Å². The molecular formula is C10H10N2O3. The average Bonchev–Trinajstić information content (AvgIpc) is 2.80. The SMILES string of the molecule is OCc1cnc(OCc2ccco2)cn1. The highest BCUT2D eigenvalue weighted by Gasteiger charge is 2.00. The van der Waals surface area contributed by atoms with Crippen LogP contribution in [0.1, 0.15) is 11.5 Å². The summed E-state index contributed by atoms with van der Waals surface area (Å²) >= 11 is 0. The van der Waals surface area contributed by atoms with E-state index in [4.69, 9.17) is 14.3 Å². The lowest BCUT2D eigenvalue weighted by Crippen LogP contribution is -1.98. The van der Waals surface area contributed by atoms with Gasteiger partial charge in [0.2, 0.25) is 5.88 Å². The van der Waals surface area contributed by atoms with Crippen molar-refractivity contribution in [2.75, 3.05) is 0 Å². The fourth-order valence-corrected chi connectivity index (χ4v) is 1.04. The minimum atomic E-state index is -0.120. The van der Waals surface area contributed by atoms with Crippen LogP contribution in [0.15, 0.2) is 35.2 Å². The van der Waals surface area contributed by atoms with Crippen molar-refractivity contribution in [1.82, 2.24) is 9.97 Å². The molecule has 0 aliphatic heterocycles. The number of hydrogen-bond acceptors (Lipinski definition) is 5. The van der Waals surface area contributed by atoms with Crippen LogP contribution in [0.5, 0.6) is 5.88 Å². The molecule has 2 rings (SSSR count). The molecule has 0 saturated heterocycles. The van der Waals surface area contributed by atoms with Crippen LogP contribution in [-0.4, -0.2) is 15.1 Å². The standard InChI is InChI=1S/C10H10N2O3/c13-6-8-4-12-10(5-11-8)15-7-9-2-1-3-14-9/h1-5,13H,6-7H2. The van der Waals surface area contributed by atoms with Gasteiger partial charge in [-0.2, -0.15) is 0 Å². The molecule has 0 aliphatic carbocycles. The van der Waals surface area contributed by atoms with E-state index in [2.05, 4.69) is 9.97 Å². The molecule has 2 aromatic heterocycles. The quantitative estimate of drug-likeness (QED) is 0.812. The summed E-state index contributed by atoms with van der Waals surface area (Å²) < 4.78 is 10.4. The minimum Gasteiger partial charge on any atom is -0.468 e. The lowest BCUT2D eigenvalue weighted by atomic mass is 10.5. The normalized spacial score (nSPS) is 10.2. The summed E-state index contributed by atoms with van der Waals surface area (Å²) in [5.74, 6) is 1.13. The van der Waals surface area contributed by atoms with Gasteiger partial charge in [-0.05, 0) is 12.1 Å². The molecule has 0 amide bonds. The van der Waals surface area contributed by atoms with Gasteiger partial charge in [0, 0.05) is 0 Å². The topological polar surface area (TPSA) is 68.4 Å². The molecule has 2 heterocycles. The first-order valence-corrected chi connectivity index (χ1v) is 4.45. The van der Waals surface area contributed by atoms with E-state index in [1.165, 1.54) is 12.4 Å². The highest BCUT2D eigenvalue weighted by Crippen LogP contribution is 2.08. The molecule has 5 heteroatoms. The van der Waals surface area contributed by atoms with Crippen LogP contribution in [0.25, 0.3) is 0 Å². The van der Waals surface area contributed by atoms with Crippen molar-refractivity contribution < 1.29 is 14.3 Å². The largest absolute Gasteiger partial charge is 0.468 e. The molecule has 0 aromatic carbocycles. The predicted molar refractivity (Wildman–Crippen MR) is 51.0 cm³/mol. The number of rotatable bonds is 4. The molecule has 5 nitrogen and oxygen atoms in total. The summed E-state index contributed by atoms with van der Waals surface area (Å²) in [5.41, 5.74) is 0.514. The Bertz CT molecular complexity index is 397. The molecular weight excluding hydrogens is 196 g/mol. The average molecular weight is 206 g/mol. The van der Waals surface area contributed by atoms with Gasteiger partial charge in [0.15, 0.2) is 0 Å². The Morgan fingerprint density at radius 1 is 1.33 bits per heavy atom. The van der Waals surface area contributed by atoms with E-state index < -0.39 is 0 Å². The molecule has 0 fully saturated rings. The summed E-state index contributed by atoms with van der Waals surface area (Å²) in [7, 11) is 0. The number of aliphatic hydroxyl groups is 1. The summed E-state index contributed by atoms with van der Waals surface area (Å²) in [6.45, 7) is 0.200. The first kappa shape index (κ1) is 9.67. The predicted octanol–water partition coefficient (Wildman–Crippen LogP) is 1.14. The van der Waals surface area contributed by atoms with Gasteiger partial charge < -0.3 is 14.3 Å². The van der Waals surface area contributed by atoms with Gasteiger partial charge >= 0.3 is 0 Å². The van der Waals surface area contributed by atoms with Crippen LogP contribution in [0, 0.1) is 0 Å².